The van der Waals surface area contributed by atoms with Crippen molar-refractivity contribution in [2.75, 3.05) is 40.9 Å². The predicted octanol–water partition coefficient (Wildman–Crippen LogP) is 8.38. The van der Waals surface area contributed by atoms with Gasteiger partial charge in [-0.25, -0.2) is 0 Å². The van der Waals surface area contributed by atoms with Gasteiger partial charge in [0.15, 0.2) is 0 Å². The zero-order valence-electron chi connectivity index (χ0n) is 29.8. The van der Waals surface area contributed by atoms with Gasteiger partial charge >= 0.3 is 0 Å². The summed E-state index contributed by atoms with van der Waals surface area (Å²) in [5.74, 6) is -0.211. The molecule has 0 rings (SSSR count). The zero-order valence-corrected chi connectivity index (χ0v) is 30.7. The second kappa shape index (κ2) is 29.1. The number of allylic oxidation sites excluding steroid dienone is 3. The van der Waals surface area contributed by atoms with Gasteiger partial charge in [-0.2, -0.15) is 0 Å². The molecule has 0 radical (unpaired) electrons. The number of hydrogen-bond donors (Lipinski definition) is 2. The first kappa shape index (κ1) is 44.0. The van der Waals surface area contributed by atoms with E-state index in [0.717, 1.165) is 51.4 Å². The summed E-state index contributed by atoms with van der Waals surface area (Å²) < 4.78 is 23.0. The number of aliphatic hydroxyl groups excluding tert-OH is 1. The first-order valence-corrected chi connectivity index (χ1v) is 19.7. The number of carbonyl (C=O) groups is 1. The summed E-state index contributed by atoms with van der Waals surface area (Å²) in [5.41, 5.74) is 0. The van der Waals surface area contributed by atoms with E-state index in [9.17, 15) is 19.4 Å². The van der Waals surface area contributed by atoms with Crippen LogP contribution in [-0.2, 0) is 18.4 Å². The number of aliphatic hydroxyl groups is 1. The molecular formula is C36H71N2O6P. The Morgan fingerprint density at radius 1 is 0.756 bits per heavy atom. The number of rotatable bonds is 32. The number of quaternary nitrogens is 1. The molecule has 0 heterocycles. The van der Waals surface area contributed by atoms with Gasteiger partial charge in [-0.1, -0.05) is 122 Å². The number of hydrogen-bond acceptors (Lipinski definition) is 6. The quantitative estimate of drug-likeness (QED) is 0.0325. The van der Waals surface area contributed by atoms with Crippen LogP contribution in [0.25, 0.3) is 0 Å². The molecular weight excluding hydrogens is 587 g/mol. The zero-order chi connectivity index (χ0) is 33.7. The number of unbranched alkanes of at least 4 members (excludes halogenated alkanes) is 17. The maximum Gasteiger partial charge on any atom is 0.268 e. The van der Waals surface area contributed by atoms with E-state index in [1.807, 2.05) is 27.2 Å². The Hall–Kier alpha value is -1.02. The second-order valence-electron chi connectivity index (χ2n) is 13.6. The molecule has 45 heavy (non-hydrogen) atoms. The molecule has 0 aromatic rings. The maximum absolute atomic E-state index is 12.7. The summed E-state index contributed by atoms with van der Waals surface area (Å²) in [5, 5.41) is 13.6. The van der Waals surface area contributed by atoms with Crippen molar-refractivity contribution in [3.05, 3.63) is 24.3 Å². The molecule has 0 saturated carbocycles. The number of phosphoric ester groups is 1. The summed E-state index contributed by atoms with van der Waals surface area (Å²) in [6.07, 6.45) is 30.7. The number of likely N-dealkylation sites (N-methyl/N-ethyl adjacent to an activating group) is 1. The Balaban J connectivity index is 4.58. The summed E-state index contributed by atoms with van der Waals surface area (Å²) in [6, 6.07) is -0.884. The smallest absolute Gasteiger partial charge is 0.268 e. The minimum Gasteiger partial charge on any atom is -0.756 e. The van der Waals surface area contributed by atoms with Crippen LogP contribution in [0.5, 0.6) is 0 Å². The molecule has 0 aliphatic heterocycles. The van der Waals surface area contributed by atoms with Crippen molar-refractivity contribution >= 4 is 13.7 Å². The van der Waals surface area contributed by atoms with Gasteiger partial charge in [0.1, 0.15) is 13.2 Å². The molecule has 0 bridgehead atoms. The van der Waals surface area contributed by atoms with E-state index >= 15 is 0 Å². The van der Waals surface area contributed by atoms with Crippen LogP contribution in [0.2, 0.25) is 0 Å². The normalized spacial score (nSPS) is 15.1. The maximum atomic E-state index is 12.7. The van der Waals surface area contributed by atoms with Crippen LogP contribution >= 0.6 is 7.82 Å². The Labute approximate surface area is 277 Å². The highest BCUT2D eigenvalue weighted by molar-refractivity contribution is 7.45. The standard InChI is InChI=1S/C36H71N2O6P/c1-6-8-10-12-14-16-18-19-20-22-24-26-28-30-36(40)37-34(33-44-45(41,42)43-32-31-38(3,4)5)35(39)29-27-25-23-21-17-15-13-11-9-7-2/h16,18,27,29,34-35,39H,6-15,17,19-26,28,30-33H2,1-5H3,(H-,37,40,41,42)/b18-16+,29-27+/t34-,35+/m0/s1. The average Bonchev–Trinajstić information content (AvgIpc) is 2.97. The molecule has 266 valence electrons. The lowest BCUT2D eigenvalue weighted by Crippen LogP contribution is -2.45. The van der Waals surface area contributed by atoms with Crippen LogP contribution in [0.1, 0.15) is 149 Å². The molecule has 0 aromatic heterocycles. The van der Waals surface area contributed by atoms with Crippen LogP contribution in [-0.4, -0.2) is 68.5 Å². The lowest BCUT2D eigenvalue weighted by Gasteiger charge is -2.29. The number of phosphoric acid groups is 1. The molecule has 3 atom stereocenters. The average molecular weight is 659 g/mol. The molecule has 0 fully saturated rings. The highest BCUT2D eigenvalue weighted by Gasteiger charge is 2.23. The van der Waals surface area contributed by atoms with E-state index in [1.165, 1.54) is 77.0 Å². The highest BCUT2D eigenvalue weighted by Crippen LogP contribution is 2.38. The topological polar surface area (TPSA) is 108 Å². The Bertz CT molecular complexity index is 799. The third-order valence-electron chi connectivity index (χ3n) is 7.91. The van der Waals surface area contributed by atoms with Gasteiger partial charge < -0.3 is 28.8 Å². The number of amides is 1. The van der Waals surface area contributed by atoms with E-state index in [4.69, 9.17) is 9.05 Å². The Morgan fingerprint density at radius 2 is 1.22 bits per heavy atom. The van der Waals surface area contributed by atoms with Crippen molar-refractivity contribution < 1.29 is 32.9 Å². The van der Waals surface area contributed by atoms with Gasteiger partial charge in [0.05, 0.1) is 39.9 Å². The lowest BCUT2D eigenvalue weighted by molar-refractivity contribution is -0.870. The van der Waals surface area contributed by atoms with Crippen molar-refractivity contribution in [1.82, 2.24) is 5.32 Å². The minimum absolute atomic E-state index is 0.00228. The van der Waals surface area contributed by atoms with Crippen molar-refractivity contribution in [3.63, 3.8) is 0 Å². The van der Waals surface area contributed by atoms with E-state index in [-0.39, 0.29) is 19.1 Å². The van der Waals surface area contributed by atoms with E-state index in [1.54, 1.807) is 6.08 Å². The van der Waals surface area contributed by atoms with E-state index in [0.29, 0.717) is 17.4 Å². The van der Waals surface area contributed by atoms with Gasteiger partial charge in [-0.3, -0.25) is 9.36 Å². The van der Waals surface area contributed by atoms with Crippen molar-refractivity contribution in [2.45, 2.75) is 161 Å². The molecule has 0 aliphatic rings. The first-order valence-electron chi connectivity index (χ1n) is 18.2. The van der Waals surface area contributed by atoms with E-state index < -0.39 is 20.0 Å². The Kier molecular flexibility index (Phi) is 28.5. The molecule has 1 unspecified atom stereocenters. The molecule has 1 amide bonds. The fraction of sp³-hybridized carbons (Fsp3) is 0.861. The van der Waals surface area contributed by atoms with Crippen molar-refractivity contribution in [3.8, 4) is 0 Å². The number of nitrogens with zero attached hydrogens (tertiary/aromatic N) is 1. The van der Waals surface area contributed by atoms with Gasteiger partial charge in [0.2, 0.25) is 5.91 Å². The molecule has 0 aromatic carbocycles. The van der Waals surface area contributed by atoms with Crippen LogP contribution < -0.4 is 10.2 Å². The number of carbonyl (C=O) groups excluding carboxylic acids is 1. The Morgan fingerprint density at radius 3 is 1.76 bits per heavy atom. The largest absolute Gasteiger partial charge is 0.756 e. The van der Waals surface area contributed by atoms with E-state index in [2.05, 4.69) is 31.3 Å². The third kappa shape index (κ3) is 31.4. The van der Waals surface area contributed by atoms with Crippen LogP contribution in [0, 0.1) is 0 Å². The van der Waals surface area contributed by atoms with Gasteiger partial charge in [0, 0.05) is 6.42 Å². The van der Waals surface area contributed by atoms with Crippen molar-refractivity contribution in [1.29, 1.82) is 0 Å². The monoisotopic (exact) mass is 659 g/mol. The summed E-state index contributed by atoms with van der Waals surface area (Å²) >= 11 is 0. The first-order chi connectivity index (χ1) is 21.5. The van der Waals surface area contributed by atoms with Crippen LogP contribution in [0.3, 0.4) is 0 Å². The molecule has 0 saturated heterocycles. The summed E-state index contributed by atoms with van der Waals surface area (Å²) in [6.45, 7) is 4.57. The predicted molar refractivity (Wildman–Crippen MR) is 187 cm³/mol. The van der Waals surface area contributed by atoms with Gasteiger partial charge in [-0.15, -0.1) is 0 Å². The second-order valence-corrected chi connectivity index (χ2v) is 15.0. The van der Waals surface area contributed by atoms with Crippen LogP contribution in [0.15, 0.2) is 24.3 Å². The summed E-state index contributed by atoms with van der Waals surface area (Å²) in [4.78, 5) is 25.1. The summed E-state index contributed by atoms with van der Waals surface area (Å²) in [7, 11) is 1.25. The fourth-order valence-corrected chi connectivity index (χ4v) is 5.63. The minimum atomic E-state index is -4.57. The van der Waals surface area contributed by atoms with Crippen molar-refractivity contribution in [2.24, 2.45) is 0 Å². The highest BCUT2D eigenvalue weighted by atomic mass is 31.2. The SMILES string of the molecule is CCCCCC/C=C/CCCCCCCC(=O)N[C@@H](COP(=O)([O-])OCC[N+](C)(C)C)[C@H](O)/C=C/CCCCCCCCCC. The molecule has 8 nitrogen and oxygen atoms in total. The molecule has 0 aliphatic carbocycles. The fourth-order valence-electron chi connectivity index (χ4n) is 4.91. The molecule has 9 heteroatoms. The number of nitrogens with one attached hydrogen (secondary N) is 1. The van der Waals surface area contributed by atoms with Gasteiger partial charge in [-0.05, 0) is 44.9 Å². The van der Waals surface area contributed by atoms with Gasteiger partial charge in [0.25, 0.3) is 7.82 Å². The lowest BCUT2D eigenvalue weighted by atomic mass is 10.1. The van der Waals surface area contributed by atoms with Crippen LogP contribution in [0.4, 0.5) is 0 Å². The molecule has 0 spiro atoms. The molecule has 2 N–H and O–H groups in total. The third-order valence-corrected chi connectivity index (χ3v) is 8.87.